The Kier molecular flexibility index (Phi) is 4.22. The van der Waals surface area contributed by atoms with E-state index in [0.717, 1.165) is 18.4 Å². The van der Waals surface area contributed by atoms with Gasteiger partial charge in [0.1, 0.15) is 0 Å². The lowest BCUT2D eigenvalue weighted by atomic mass is 9.93. The van der Waals surface area contributed by atoms with Gasteiger partial charge in [-0.05, 0) is 31.7 Å². The molecule has 0 aliphatic heterocycles. The lowest BCUT2D eigenvalue weighted by Crippen LogP contribution is -2.44. The summed E-state index contributed by atoms with van der Waals surface area (Å²) in [6.45, 7) is 2.29. The first-order valence-corrected chi connectivity index (χ1v) is 6.81. The number of carbonyl (C=O) groups is 1. The van der Waals surface area contributed by atoms with Crippen LogP contribution in [0.5, 0.6) is 0 Å². The van der Waals surface area contributed by atoms with Gasteiger partial charge in [-0.25, -0.2) is 0 Å². The minimum Gasteiger partial charge on any atom is -0.393 e. The van der Waals surface area contributed by atoms with Gasteiger partial charge in [-0.3, -0.25) is 4.79 Å². The van der Waals surface area contributed by atoms with Crippen LogP contribution in [0.4, 0.5) is 0 Å². The molecule has 2 atom stereocenters. The maximum Gasteiger partial charge on any atom is 0.240 e. The Morgan fingerprint density at radius 3 is 2.58 bits per heavy atom. The number of rotatable bonds is 6. The third-order valence-corrected chi connectivity index (χ3v) is 3.65. The number of hydrogen-bond donors (Lipinski definition) is 3. The second-order valence-electron chi connectivity index (χ2n) is 5.56. The number of nitrogens with one attached hydrogen (secondary N) is 1. The van der Waals surface area contributed by atoms with E-state index in [4.69, 9.17) is 5.73 Å². The first-order chi connectivity index (χ1) is 9.01. The summed E-state index contributed by atoms with van der Waals surface area (Å²) in [4.78, 5) is 11.9. The fourth-order valence-corrected chi connectivity index (χ4v) is 2.23. The molecule has 2 unspecified atom stereocenters. The van der Waals surface area contributed by atoms with Gasteiger partial charge in [-0.1, -0.05) is 30.3 Å². The topological polar surface area (TPSA) is 75.3 Å². The number of aliphatic hydroxyl groups excluding tert-OH is 1. The molecule has 0 radical (unpaired) electrons. The molecule has 1 saturated carbocycles. The van der Waals surface area contributed by atoms with Crippen LogP contribution in [0.2, 0.25) is 0 Å². The van der Waals surface area contributed by atoms with Gasteiger partial charge in [0.25, 0.3) is 0 Å². The smallest absolute Gasteiger partial charge is 0.240 e. The van der Waals surface area contributed by atoms with Crippen molar-refractivity contribution in [2.75, 3.05) is 6.54 Å². The SMILES string of the molecule is CC(O)CC(CNC(=O)C1(N)CC1)c1ccccc1. The average Bonchev–Trinajstić information content (AvgIpc) is 3.14. The van der Waals surface area contributed by atoms with E-state index in [2.05, 4.69) is 5.32 Å². The lowest BCUT2D eigenvalue weighted by molar-refractivity contribution is -0.123. The highest BCUT2D eigenvalue weighted by Gasteiger charge is 2.45. The van der Waals surface area contributed by atoms with Crippen LogP contribution in [0.1, 0.15) is 37.7 Å². The molecule has 0 heterocycles. The fourth-order valence-electron chi connectivity index (χ4n) is 2.23. The van der Waals surface area contributed by atoms with Crippen LogP contribution in [0.25, 0.3) is 0 Å². The maximum atomic E-state index is 11.9. The molecule has 0 aromatic heterocycles. The number of carbonyl (C=O) groups excluding carboxylic acids is 1. The Hall–Kier alpha value is -1.39. The normalized spacial score (nSPS) is 19.5. The molecule has 1 fully saturated rings. The van der Waals surface area contributed by atoms with Crippen molar-refractivity contribution in [3.63, 3.8) is 0 Å². The predicted molar refractivity (Wildman–Crippen MR) is 74.6 cm³/mol. The summed E-state index contributed by atoms with van der Waals surface area (Å²) in [6.07, 6.45) is 1.77. The summed E-state index contributed by atoms with van der Waals surface area (Å²) in [5, 5.41) is 12.5. The number of nitrogens with two attached hydrogens (primary N) is 1. The molecular weight excluding hydrogens is 240 g/mol. The quantitative estimate of drug-likeness (QED) is 0.720. The third-order valence-electron chi connectivity index (χ3n) is 3.65. The summed E-state index contributed by atoms with van der Waals surface area (Å²) in [5.41, 5.74) is 6.35. The van der Waals surface area contributed by atoms with E-state index >= 15 is 0 Å². The van der Waals surface area contributed by atoms with Gasteiger partial charge in [-0.2, -0.15) is 0 Å². The highest BCUT2D eigenvalue weighted by Crippen LogP contribution is 2.32. The van der Waals surface area contributed by atoms with Gasteiger partial charge in [0.15, 0.2) is 0 Å². The Morgan fingerprint density at radius 2 is 2.05 bits per heavy atom. The predicted octanol–water partition coefficient (Wildman–Crippen LogP) is 1.15. The fraction of sp³-hybridized carbons (Fsp3) is 0.533. The zero-order valence-electron chi connectivity index (χ0n) is 11.3. The van der Waals surface area contributed by atoms with Crippen molar-refractivity contribution in [3.8, 4) is 0 Å². The van der Waals surface area contributed by atoms with Crippen LogP contribution in [0.15, 0.2) is 30.3 Å². The van der Waals surface area contributed by atoms with Crippen molar-refractivity contribution in [1.29, 1.82) is 0 Å². The monoisotopic (exact) mass is 262 g/mol. The molecular formula is C15H22N2O2. The van der Waals surface area contributed by atoms with Gasteiger partial charge in [0, 0.05) is 12.5 Å². The lowest BCUT2D eigenvalue weighted by Gasteiger charge is -2.20. The third kappa shape index (κ3) is 3.78. The van der Waals surface area contributed by atoms with Crippen molar-refractivity contribution >= 4 is 5.91 Å². The minimum atomic E-state index is -0.633. The first kappa shape index (κ1) is 14.0. The molecule has 1 aromatic carbocycles. The van der Waals surface area contributed by atoms with Gasteiger partial charge in [0.2, 0.25) is 5.91 Å². The van der Waals surface area contributed by atoms with Crippen molar-refractivity contribution in [1.82, 2.24) is 5.32 Å². The number of hydrogen-bond acceptors (Lipinski definition) is 3. The van der Waals surface area contributed by atoms with E-state index in [0.29, 0.717) is 13.0 Å². The van der Waals surface area contributed by atoms with Crippen molar-refractivity contribution in [3.05, 3.63) is 35.9 Å². The molecule has 19 heavy (non-hydrogen) atoms. The highest BCUT2D eigenvalue weighted by molar-refractivity contribution is 5.88. The maximum absolute atomic E-state index is 11.9. The Labute approximate surface area is 114 Å². The molecule has 4 N–H and O–H groups in total. The van der Waals surface area contributed by atoms with Crippen LogP contribution >= 0.6 is 0 Å². The van der Waals surface area contributed by atoms with Crippen LogP contribution < -0.4 is 11.1 Å². The molecule has 4 heteroatoms. The van der Waals surface area contributed by atoms with Gasteiger partial charge in [-0.15, -0.1) is 0 Å². The van der Waals surface area contributed by atoms with E-state index < -0.39 is 11.6 Å². The molecule has 1 amide bonds. The molecule has 104 valence electrons. The molecule has 2 rings (SSSR count). The molecule has 4 nitrogen and oxygen atoms in total. The summed E-state index contributed by atoms with van der Waals surface area (Å²) in [5.74, 6) is 0.0477. The van der Waals surface area contributed by atoms with E-state index in [1.54, 1.807) is 6.92 Å². The van der Waals surface area contributed by atoms with Gasteiger partial charge >= 0.3 is 0 Å². The summed E-state index contributed by atoms with van der Waals surface area (Å²) in [7, 11) is 0. The summed E-state index contributed by atoms with van der Waals surface area (Å²) >= 11 is 0. The van der Waals surface area contributed by atoms with Crippen LogP contribution in [-0.4, -0.2) is 29.2 Å². The Morgan fingerprint density at radius 1 is 1.42 bits per heavy atom. The Balaban J connectivity index is 1.96. The summed E-state index contributed by atoms with van der Waals surface area (Å²) < 4.78 is 0. The van der Waals surface area contributed by atoms with E-state index in [9.17, 15) is 9.90 Å². The zero-order chi connectivity index (χ0) is 13.9. The number of benzene rings is 1. The number of amides is 1. The largest absolute Gasteiger partial charge is 0.393 e. The second-order valence-corrected chi connectivity index (χ2v) is 5.56. The van der Waals surface area contributed by atoms with Crippen LogP contribution in [-0.2, 0) is 4.79 Å². The molecule has 1 aliphatic rings. The van der Waals surface area contributed by atoms with Gasteiger partial charge in [0.05, 0.1) is 11.6 Å². The van der Waals surface area contributed by atoms with Crippen molar-refractivity contribution in [2.24, 2.45) is 5.73 Å². The van der Waals surface area contributed by atoms with Crippen LogP contribution in [0.3, 0.4) is 0 Å². The van der Waals surface area contributed by atoms with E-state index in [-0.39, 0.29) is 11.8 Å². The Bertz CT molecular complexity index is 427. The minimum absolute atomic E-state index is 0.0703. The zero-order valence-corrected chi connectivity index (χ0v) is 11.3. The second kappa shape index (κ2) is 5.72. The molecule has 0 spiro atoms. The molecule has 1 aliphatic carbocycles. The molecule has 0 bridgehead atoms. The summed E-state index contributed by atoms with van der Waals surface area (Å²) in [6, 6.07) is 9.94. The van der Waals surface area contributed by atoms with Crippen LogP contribution in [0, 0.1) is 0 Å². The number of aliphatic hydroxyl groups is 1. The van der Waals surface area contributed by atoms with Crippen molar-refractivity contribution < 1.29 is 9.90 Å². The van der Waals surface area contributed by atoms with Gasteiger partial charge < -0.3 is 16.2 Å². The van der Waals surface area contributed by atoms with E-state index in [1.165, 1.54) is 0 Å². The van der Waals surface area contributed by atoms with Crippen molar-refractivity contribution in [2.45, 2.75) is 43.7 Å². The molecule has 0 saturated heterocycles. The average molecular weight is 262 g/mol. The standard InChI is InChI=1S/C15H22N2O2/c1-11(18)9-13(12-5-3-2-4-6-12)10-17-14(19)15(16)7-8-15/h2-6,11,13,18H,7-10,16H2,1H3,(H,17,19). The van der Waals surface area contributed by atoms with E-state index in [1.807, 2.05) is 30.3 Å². The molecule has 1 aromatic rings. The first-order valence-electron chi connectivity index (χ1n) is 6.81. The highest BCUT2D eigenvalue weighted by atomic mass is 16.3.